The van der Waals surface area contributed by atoms with Crippen molar-refractivity contribution in [3.63, 3.8) is 0 Å². The van der Waals surface area contributed by atoms with Gasteiger partial charge in [-0.25, -0.2) is 0 Å². The third-order valence-electron chi connectivity index (χ3n) is 4.41. The number of carboxylic acid groups (broad SMARTS) is 1. The average Bonchev–Trinajstić information content (AvgIpc) is 2.64. The first kappa shape index (κ1) is 20.8. The summed E-state index contributed by atoms with van der Waals surface area (Å²) in [5.41, 5.74) is 1.77. The number of carbonyl (C=O) groups is 2. The highest BCUT2D eigenvalue weighted by molar-refractivity contribution is 6.30. The van der Waals surface area contributed by atoms with Crippen molar-refractivity contribution in [2.45, 2.75) is 19.8 Å². The molecule has 2 aromatic carbocycles. The van der Waals surface area contributed by atoms with Crippen LogP contribution in [0.1, 0.15) is 18.1 Å². The van der Waals surface area contributed by atoms with E-state index in [-0.39, 0.29) is 24.8 Å². The van der Waals surface area contributed by atoms with Gasteiger partial charge in [-0.3, -0.25) is 9.59 Å². The number of nitrogens with one attached hydrogen (secondary N) is 1. The number of amides is 1. The van der Waals surface area contributed by atoms with Crippen molar-refractivity contribution in [2.24, 2.45) is 11.8 Å². The molecular weight excluding hydrogens is 366 g/mol. The molecule has 0 fully saturated rings. The summed E-state index contributed by atoms with van der Waals surface area (Å²) in [4.78, 5) is 24.0. The number of rotatable bonds is 9. The van der Waals surface area contributed by atoms with Crippen LogP contribution in [0.25, 0.3) is 0 Å². The van der Waals surface area contributed by atoms with Gasteiger partial charge in [0, 0.05) is 17.5 Å². The molecule has 0 aliphatic rings. The largest absolute Gasteiger partial charge is 0.496 e. The van der Waals surface area contributed by atoms with E-state index >= 15 is 0 Å². The van der Waals surface area contributed by atoms with Gasteiger partial charge in [-0.15, -0.1) is 0 Å². The second-order valence-electron chi connectivity index (χ2n) is 6.53. The third-order valence-corrected chi connectivity index (χ3v) is 4.64. The quantitative estimate of drug-likeness (QED) is 0.687. The molecule has 0 saturated heterocycles. The van der Waals surface area contributed by atoms with Gasteiger partial charge in [0.15, 0.2) is 0 Å². The summed E-state index contributed by atoms with van der Waals surface area (Å²) in [6, 6.07) is 14.7. The Kier molecular flexibility index (Phi) is 7.67. The fourth-order valence-electron chi connectivity index (χ4n) is 2.89. The minimum absolute atomic E-state index is 0.0616. The second-order valence-corrected chi connectivity index (χ2v) is 6.97. The number of methoxy groups -OCH3 is 1. The lowest BCUT2D eigenvalue weighted by molar-refractivity contribution is -0.141. The van der Waals surface area contributed by atoms with Crippen LogP contribution in [0.2, 0.25) is 5.02 Å². The van der Waals surface area contributed by atoms with E-state index in [9.17, 15) is 14.7 Å². The molecule has 5 nitrogen and oxygen atoms in total. The number of aliphatic carboxylic acids is 1. The first-order valence-electron chi connectivity index (χ1n) is 8.77. The number of carbonyl (C=O) groups excluding carboxylic acids is 1. The predicted molar refractivity (Wildman–Crippen MR) is 105 cm³/mol. The Hall–Kier alpha value is -2.53. The minimum atomic E-state index is -0.955. The third kappa shape index (κ3) is 6.29. The number of ether oxygens (including phenoxy) is 1. The predicted octanol–water partition coefficient (Wildman–Crippen LogP) is 3.59. The van der Waals surface area contributed by atoms with Gasteiger partial charge in [-0.1, -0.05) is 48.9 Å². The lowest BCUT2D eigenvalue weighted by Crippen LogP contribution is -2.37. The molecule has 0 heterocycles. The zero-order chi connectivity index (χ0) is 19.8. The number of halogens is 1. The van der Waals surface area contributed by atoms with E-state index in [2.05, 4.69) is 5.32 Å². The zero-order valence-corrected chi connectivity index (χ0v) is 16.2. The molecule has 2 atom stereocenters. The molecule has 0 aliphatic heterocycles. The molecule has 6 heteroatoms. The highest BCUT2D eigenvalue weighted by Crippen LogP contribution is 2.21. The van der Waals surface area contributed by atoms with Crippen LogP contribution < -0.4 is 10.1 Å². The Balaban J connectivity index is 1.94. The summed E-state index contributed by atoms with van der Waals surface area (Å²) < 4.78 is 5.27. The molecule has 2 aromatic rings. The summed E-state index contributed by atoms with van der Waals surface area (Å²) >= 11 is 5.97. The number of benzene rings is 2. The number of para-hydroxylation sites is 1. The van der Waals surface area contributed by atoms with Crippen LogP contribution in [-0.2, 0) is 22.4 Å². The smallest absolute Gasteiger partial charge is 0.308 e. The van der Waals surface area contributed by atoms with Gasteiger partial charge >= 0.3 is 5.97 Å². The molecule has 1 amide bonds. The van der Waals surface area contributed by atoms with Crippen LogP contribution in [0.3, 0.4) is 0 Å². The maximum atomic E-state index is 12.4. The first-order chi connectivity index (χ1) is 12.9. The number of hydrogen-bond acceptors (Lipinski definition) is 3. The van der Waals surface area contributed by atoms with Crippen LogP contribution in [-0.4, -0.2) is 30.6 Å². The Morgan fingerprint density at radius 1 is 1.15 bits per heavy atom. The van der Waals surface area contributed by atoms with Gasteiger partial charge in [0.25, 0.3) is 0 Å². The number of carboxylic acids is 1. The molecule has 2 unspecified atom stereocenters. The molecule has 0 bridgehead atoms. The molecule has 0 aliphatic carbocycles. The molecule has 0 radical (unpaired) electrons. The second kappa shape index (κ2) is 9.97. The average molecular weight is 390 g/mol. The molecule has 27 heavy (non-hydrogen) atoms. The van der Waals surface area contributed by atoms with Crippen molar-refractivity contribution >= 4 is 23.5 Å². The van der Waals surface area contributed by atoms with Crippen LogP contribution in [0.4, 0.5) is 0 Å². The Morgan fingerprint density at radius 2 is 1.89 bits per heavy atom. The van der Waals surface area contributed by atoms with E-state index in [1.54, 1.807) is 19.2 Å². The molecule has 0 saturated carbocycles. The van der Waals surface area contributed by atoms with E-state index in [0.717, 1.165) is 11.1 Å². The van der Waals surface area contributed by atoms with Crippen molar-refractivity contribution in [3.05, 3.63) is 64.7 Å². The Bertz CT molecular complexity index is 793. The van der Waals surface area contributed by atoms with Gasteiger partial charge in [0.1, 0.15) is 5.75 Å². The van der Waals surface area contributed by atoms with E-state index in [1.165, 1.54) is 0 Å². The summed E-state index contributed by atoms with van der Waals surface area (Å²) in [6.45, 7) is 1.87. The summed E-state index contributed by atoms with van der Waals surface area (Å²) in [5, 5.41) is 12.9. The van der Waals surface area contributed by atoms with Crippen LogP contribution in [0, 0.1) is 11.8 Å². The maximum absolute atomic E-state index is 12.4. The topological polar surface area (TPSA) is 75.6 Å². The van der Waals surface area contributed by atoms with E-state index in [1.807, 2.05) is 43.3 Å². The normalized spacial score (nSPS) is 12.9. The Morgan fingerprint density at radius 3 is 2.56 bits per heavy atom. The summed E-state index contributed by atoms with van der Waals surface area (Å²) in [5.74, 6) is -1.51. The van der Waals surface area contributed by atoms with Crippen molar-refractivity contribution in [2.75, 3.05) is 13.7 Å². The highest BCUT2D eigenvalue weighted by Gasteiger charge is 2.22. The van der Waals surface area contributed by atoms with Gasteiger partial charge in [0.05, 0.1) is 13.0 Å². The van der Waals surface area contributed by atoms with E-state index in [4.69, 9.17) is 16.3 Å². The highest BCUT2D eigenvalue weighted by atomic mass is 35.5. The monoisotopic (exact) mass is 389 g/mol. The van der Waals surface area contributed by atoms with Crippen molar-refractivity contribution < 1.29 is 19.4 Å². The molecule has 2 N–H and O–H groups in total. The SMILES string of the molecule is COc1ccccc1CC(CNC(=O)C(C)Cc1cccc(Cl)c1)C(=O)O. The van der Waals surface area contributed by atoms with Crippen LogP contribution in [0.5, 0.6) is 5.75 Å². The molecule has 0 aromatic heterocycles. The molecular formula is C21H24ClNO4. The van der Waals surface area contributed by atoms with Gasteiger partial charge in [-0.2, -0.15) is 0 Å². The maximum Gasteiger partial charge on any atom is 0.308 e. The van der Waals surface area contributed by atoms with Crippen molar-refractivity contribution in [1.29, 1.82) is 0 Å². The van der Waals surface area contributed by atoms with Crippen LogP contribution >= 0.6 is 11.6 Å². The van der Waals surface area contributed by atoms with E-state index in [0.29, 0.717) is 17.2 Å². The molecule has 144 valence electrons. The lowest BCUT2D eigenvalue weighted by atomic mass is 9.97. The molecule has 2 rings (SSSR count). The van der Waals surface area contributed by atoms with Crippen molar-refractivity contribution in [3.8, 4) is 5.75 Å². The fourth-order valence-corrected chi connectivity index (χ4v) is 3.10. The summed E-state index contributed by atoms with van der Waals surface area (Å²) in [6.07, 6.45) is 0.818. The fraction of sp³-hybridized carbons (Fsp3) is 0.333. The van der Waals surface area contributed by atoms with Gasteiger partial charge in [0.2, 0.25) is 5.91 Å². The molecule has 0 spiro atoms. The summed E-state index contributed by atoms with van der Waals surface area (Å²) in [7, 11) is 1.55. The standard InChI is InChI=1S/C21H24ClNO4/c1-14(10-15-6-5-8-18(22)11-15)20(24)23-13-17(21(25)26)12-16-7-3-4-9-19(16)27-2/h3-9,11,14,17H,10,12-13H2,1-2H3,(H,23,24)(H,25,26). The van der Waals surface area contributed by atoms with Gasteiger partial charge in [-0.05, 0) is 42.2 Å². The minimum Gasteiger partial charge on any atom is -0.496 e. The van der Waals surface area contributed by atoms with E-state index < -0.39 is 11.9 Å². The Labute approximate surface area is 164 Å². The zero-order valence-electron chi connectivity index (χ0n) is 15.4. The first-order valence-corrected chi connectivity index (χ1v) is 9.15. The van der Waals surface area contributed by atoms with Gasteiger partial charge < -0.3 is 15.2 Å². The van der Waals surface area contributed by atoms with Crippen LogP contribution in [0.15, 0.2) is 48.5 Å². The lowest BCUT2D eigenvalue weighted by Gasteiger charge is -2.17. The van der Waals surface area contributed by atoms with Crippen molar-refractivity contribution in [1.82, 2.24) is 5.32 Å². The number of hydrogen-bond donors (Lipinski definition) is 2.